The van der Waals surface area contributed by atoms with Crippen LogP contribution < -0.4 is 31.2 Å². The summed E-state index contributed by atoms with van der Waals surface area (Å²) in [6.45, 7) is 3.64. The molecule has 2 aromatic carbocycles. The van der Waals surface area contributed by atoms with Crippen molar-refractivity contribution in [3.63, 3.8) is 0 Å². The maximum absolute atomic E-state index is 12.6. The van der Waals surface area contributed by atoms with E-state index in [0.717, 1.165) is 30.4 Å². The highest BCUT2D eigenvalue weighted by atomic mass is 16.5. The molecule has 5 N–H and O–H groups in total. The van der Waals surface area contributed by atoms with E-state index in [2.05, 4.69) is 46.8 Å². The molecule has 0 bridgehead atoms. The molecule has 0 aromatic heterocycles. The Labute approximate surface area is 192 Å². The molecule has 172 valence electrons. The zero-order valence-electron chi connectivity index (χ0n) is 18.7. The summed E-state index contributed by atoms with van der Waals surface area (Å²) >= 11 is 0. The highest BCUT2D eigenvalue weighted by Crippen LogP contribution is 2.37. The summed E-state index contributed by atoms with van der Waals surface area (Å²) in [7, 11) is 3.24. The molecule has 0 radical (unpaired) electrons. The first-order valence-corrected chi connectivity index (χ1v) is 10.8. The first kappa shape index (κ1) is 22.3. The number of nitrogens with one attached hydrogen (secondary N) is 3. The van der Waals surface area contributed by atoms with Gasteiger partial charge in [-0.15, -0.1) is 0 Å². The number of rotatable bonds is 6. The van der Waals surface area contributed by atoms with Gasteiger partial charge in [-0.2, -0.15) is 0 Å². The van der Waals surface area contributed by atoms with Crippen LogP contribution in [0.5, 0.6) is 11.5 Å². The molecule has 1 aliphatic carbocycles. The molecule has 33 heavy (non-hydrogen) atoms. The number of hydrogen-bond acceptors (Lipinski definition) is 6. The van der Waals surface area contributed by atoms with E-state index in [9.17, 15) is 9.59 Å². The molecule has 4 rings (SSSR count). The van der Waals surface area contributed by atoms with Crippen molar-refractivity contribution in [2.75, 3.05) is 14.2 Å². The van der Waals surface area contributed by atoms with Crippen LogP contribution in [-0.2, 0) is 9.59 Å². The second-order valence-electron chi connectivity index (χ2n) is 8.22. The summed E-state index contributed by atoms with van der Waals surface area (Å²) in [4.78, 5) is 24.5. The second kappa shape index (κ2) is 9.28. The minimum Gasteiger partial charge on any atom is -0.493 e. The molecule has 1 saturated carbocycles. The van der Waals surface area contributed by atoms with E-state index in [1.165, 1.54) is 5.56 Å². The van der Waals surface area contributed by atoms with Crippen LogP contribution in [0.25, 0.3) is 11.1 Å². The van der Waals surface area contributed by atoms with Crippen molar-refractivity contribution >= 4 is 11.8 Å². The van der Waals surface area contributed by atoms with Crippen molar-refractivity contribution in [1.82, 2.24) is 16.0 Å². The van der Waals surface area contributed by atoms with Gasteiger partial charge in [0.15, 0.2) is 11.5 Å². The fraction of sp³-hybridized carbons (Fsp3) is 0.280. The first-order chi connectivity index (χ1) is 15.9. The molecule has 8 nitrogen and oxygen atoms in total. The molecule has 1 fully saturated rings. The zero-order chi connectivity index (χ0) is 23.5. The van der Waals surface area contributed by atoms with Gasteiger partial charge >= 0.3 is 0 Å². The minimum absolute atomic E-state index is 0.00776. The Hall–Kier alpha value is -3.94. The average molecular weight is 449 g/mol. The quantitative estimate of drug-likeness (QED) is 0.540. The lowest BCUT2D eigenvalue weighted by molar-refractivity contribution is -0.121. The molecule has 2 atom stereocenters. The van der Waals surface area contributed by atoms with E-state index in [0.29, 0.717) is 17.4 Å². The van der Waals surface area contributed by atoms with Crippen molar-refractivity contribution in [1.29, 1.82) is 0 Å². The fourth-order valence-electron chi connectivity index (χ4n) is 4.38. The lowest BCUT2D eigenvalue weighted by Crippen LogP contribution is -2.47. The summed E-state index contributed by atoms with van der Waals surface area (Å²) in [6.07, 6.45) is 2.64. The van der Waals surface area contributed by atoms with Crippen LogP contribution in [0, 0.1) is 0 Å². The summed E-state index contributed by atoms with van der Waals surface area (Å²) in [6, 6.07) is 14.4. The number of amides is 2. The van der Waals surface area contributed by atoms with E-state index < -0.39 is 11.8 Å². The molecule has 8 heteroatoms. The molecule has 2 amide bonds. The Morgan fingerprint density at radius 1 is 1.03 bits per heavy atom. The van der Waals surface area contributed by atoms with Gasteiger partial charge in [-0.1, -0.05) is 36.9 Å². The highest BCUT2D eigenvalue weighted by Gasteiger charge is 2.30. The molecular formula is C25H28N4O4. The van der Waals surface area contributed by atoms with Crippen LogP contribution in [-0.4, -0.2) is 32.1 Å². The van der Waals surface area contributed by atoms with Crippen LogP contribution in [0.4, 0.5) is 0 Å². The maximum atomic E-state index is 12.6. The summed E-state index contributed by atoms with van der Waals surface area (Å²) in [5.41, 5.74) is 9.04. The van der Waals surface area contributed by atoms with Gasteiger partial charge in [0.05, 0.1) is 14.2 Å². The van der Waals surface area contributed by atoms with Crippen LogP contribution in [0.1, 0.15) is 30.7 Å². The summed E-state index contributed by atoms with van der Waals surface area (Å²) < 4.78 is 10.7. The van der Waals surface area contributed by atoms with Gasteiger partial charge < -0.3 is 31.2 Å². The smallest absolute Gasteiger partial charge is 0.274 e. The lowest BCUT2D eigenvalue weighted by atomic mass is 9.95. The molecule has 0 spiro atoms. The number of carbonyl (C=O) groups is 2. The second-order valence-corrected chi connectivity index (χ2v) is 8.22. The van der Waals surface area contributed by atoms with Gasteiger partial charge in [0.2, 0.25) is 0 Å². The number of carbonyl (C=O) groups excluding carboxylic acids is 2. The van der Waals surface area contributed by atoms with Crippen molar-refractivity contribution in [3.8, 4) is 22.6 Å². The molecule has 2 aromatic rings. The van der Waals surface area contributed by atoms with Crippen molar-refractivity contribution in [2.45, 2.75) is 31.2 Å². The minimum atomic E-state index is -0.525. The number of ether oxygens (including phenoxy) is 2. The van der Waals surface area contributed by atoms with Crippen molar-refractivity contribution < 1.29 is 19.1 Å². The Balaban J connectivity index is 1.40. The van der Waals surface area contributed by atoms with E-state index >= 15 is 0 Å². The van der Waals surface area contributed by atoms with Crippen molar-refractivity contribution in [3.05, 3.63) is 71.8 Å². The zero-order valence-corrected chi connectivity index (χ0v) is 18.7. The van der Waals surface area contributed by atoms with Gasteiger partial charge in [-0.25, -0.2) is 0 Å². The van der Waals surface area contributed by atoms with Crippen LogP contribution in [0.15, 0.2) is 66.3 Å². The summed E-state index contributed by atoms with van der Waals surface area (Å²) in [5, 5.41) is 8.19. The monoisotopic (exact) mass is 448 g/mol. The predicted molar refractivity (Wildman–Crippen MR) is 125 cm³/mol. The molecular weight excluding hydrogens is 420 g/mol. The molecule has 1 heterocycles. The number of methoxy groups -OCH3 is 2. The van der Waals surface area contributed by atoms with Gasteiger partial charge in [0.1, 0.15) is 17.2 Å². The SMILES string of the molecule is C=C1NC(=O)C(N)=C(C(=O)N[C@H]2CC[C@@H](c3ccc(-c4ccc(OC)c(OC)c4)cc3)C2)N1. The average Bonchev–Trinajstić information content (AvgIpc) is 3.29. The van der Waals surface area contributed by atoms with Gasteiger partial charge in [0, 0.05) is 6.04 Å². The Kier molecular flexibility index (Phi) is 6.26. The molecule has 0 unspecified atom stereocenters. The lowest BCUT2D eigenvalue weighted by Gasteiger charge is -2.22. The highest BCUT2D eigenvalue weighted by molar-refractivity contribution is 6.05. The third-order valence-corrected chi connectivity index (χ3v) is 6.15. The van der Waals surface area contributed by atoms with Crippen LogP contribution in [0.2, 0.25) is 0 Å². The Bertz CT molecular complexity index is 1120. The Morgan fingerprint density at radius 3 is 2.42 bits per heavy atom. The van der Waals surface area contributed by atoms with Gasteiger partial charge in [-0.3, -0.25) is 9.59 Å². The fourth-order valence-corrected chi connectivity index (χ4v) is 4.38. The molecule has 0 saturated heterocycles. The third kappa shape index (κ3) is 4.64. The largest absolute Gasteiger partial charge is 0.493 e. The number of nitrogens with two attached hydrogens (primary N) is 1. The standard InChI is InChI=1S/C25H28N4O4/c1-14-27-23(22(26)24(30)28-14)25(31)29-19-10-8-17(12-19)15-4-6-16(7-5-15)18-9-11-20(32-2)21(13-18)33-3/h4-7,9,11,13,17,19,27H,1,8,10,12,26H2,2-3H3,(H,28,30)(H,29,31)/t17-,19+/m1/s1. The van der Waals surface area contributed by atoms with Gasteiger partial charge in [-0.05, 0) is 54.0 Å². The van der Waals surface area contributed by atoms with E-state index in [1.54, 1.807) is 14.2 Å². The third-order valence-electron chi connectivity index (χ3n) is 6.15. The van der Waals surface area contributed by atoms with Crippen LogP contribution in [0.3, 0.4) is 0 Å². The normalized spacial score (nSPS) is 20.2. The predicted octanol–water partition coefficient (Wildman–Crippen LogP) is 2.48. The topological polar surface area (TPSA) is 115 Å². The molecule has 2 aliphatic rings. The van der Waals surface area contributed by atoms with Crippen LogP contribution >= 0.6 is 0 Å². The number of hydrogen-bond donors (Lipinski definition) is 4. The van der Waals surface area contributed by atoms with E-state index in [4.69, 9.17) is 15.2 Å². The maximum Gasteiger partial charge on any atom is 0.274 e. The van der Waals surface area contributed by atoms with E-state index in [-0.39, 0.29) is 23.3 Å². The summed E-state index contributed by atoms with van der Waals surface area (Å²) in [5.74, 6) is 1.05. The van der Waals surface area contributed by atoms with Crippen molar-refractivity contribution in [2.24, 2.45) is 5.73 Å². The first-order valence-electron chi connectivity index (χ1n) is 10.8. The van der Waals surface area contributed by atoms with E-state index in [1.807, 2.05) is 18.2 Å². The van der Waals surface area contributed by atoms with Gasteiger partial charge in [0.25, 0.3) is 11.8 Å². The number of benzene rings is 2. The Morgan fingerprint density at radius 2 is 1.73 bits per heavy atom. The molecule has 1 aliphatic heterocycles.